The maximum atomic E-state index is 15.1. The van der Waals surface area contributed by atoms with Gasteiger partial charge in [-0.1, -0.05) is 84.4 Å². The van der Waals surface area contributed by atoms with Crippen LogP contribution in [0, 0.1) is 0 Å². The summed E-state index contributed by atoms with van der Waals surface area (Å²) >= 11 is 6.36. The minimum absolute atomic E-state index is 0.299. The van der Waals surface area contributed by atoms with Gasteiger partial charge in [-0.25, -0.2) is 0 Å². The van der Waals surface area contributed by atoms with E-state index in [2.05, 4.69) is 0 Å². The van der Waals surface area contributed by atoms with Gasteiger partial charge in [0.05, 0.1) is 16.8 Å². The van der Waals surface area contributed by atoms with E-state index in [0.717, 1.165) is 0 Å². The second kappa shape index (κ2) is 9.60. The zero-order valence-corrected chi connectivity index (χ0v) is 19.2. The van der Waals surface area contributed by atoms with Crippen LogP contribution in [0.15, 0.2) is 108 Å². The van der Waals surface area contributed by atoms with E-state index in [4.69, 9.17) is 16.0 Å². The Hall–Kier alpha value is -3.07. The van der Waals surface area contributed by atoms with E-state index in [1.165, 1.54) is 6.26 Å². The average molecular weight is 464 g/mol. The topological polar surface area (TPSA) is 50.5 Å². The lowest BCUT2D eigenvalue weighted by atomic mass is 10.2. The molecule has 0 bridgehead atoms. The smallest absolute Gasteiger partial charge is 0.256 e. The van der Waals surface area contributed by atoms with Crippen LogP contribution in [0.2, 0.25) is 5.02 Å². The molecular weight excluding hydrogens is 441 g/mol. The van der Waals surface area contributed by atoms with Crippen LogP contribution >= 0.6 is 18.7 Å². The van der Waals surface area contributed by atoms with Crippen LogP contribution in [-0.4, -0.2) is 17.4 Å². The summed E-state index contributed by atoms with van der Waals surface area (Å²) in [6, 6.07) is 29.0. The summed E-state index contributed by atoms with van der Waals surface area (Å²) in [5.41, 5.74) is 0.361. The molecule has 162 valence electrons. The van der Waals surface area contributed by atoms with Gasteiger partial charge in [0.15, 0.2) is 12.9 Å². The Labute approximate surface area is 192 Å². The zero-order valence-electron chi connectivity index (χ0n) is 17.6. The predicted molar refractivity (Wildman–Crippen MR) is 129 cm³/mol. The van der Waals surface area contributed by atoms with Gasteiger partial charge in [-0.05, 0) is 31.2 Å². The second-order valence-electron chi connectivity index (χ2n) is 7.29. The SMILES string of the molecule is CCN(C(=O)c1ccccc1Cl)C(c1ccco1)P(=O)(c1ccccc1)c1ccccc1. The molecule has 0 N–H and O–H groups in total. The normalized spacial score (nSPS) is 12.3. The molecule has 3 aromatic carbocycles. The van der Waals surface area contributed by atoms with Crippen molar-refractivity contribution >= 4 is 35.3 Å². The summed E-state index contributed by atoms with van der Waals surface area (Å²) in [5, 5.41) is 1.65. The Kier molecular flexibility index (Phi) is 6.64. The first kappa shape index (κ1) is 22.1. The van der Waals surface area contributed by atoms with Gasteiger partial charge in [-0.15, -0.1) is 0 Å². The van der Waals surface area contributed by atoms with Crippen molar-refractivity contribution in [2.24, 2.45) is 0 Å². The Morgan fingerprint density at radius 3 is 1.94 bits per heavy atom. The highest BCUT2D eigenvalue weighted by Gasteiger charge is 2.44. The minimum atomic E-state index is -3.42. The molecule has 32 heavy (non-hydrogen) atoms. The largest absolute Gasteiger partial charge is 0.467 e. The molecule has 0 fully saturated rings. The van der Waals surface area contributed by atoms with Crippen LogP contribution in [0.1, 0.15) is 28.8 Å². The van der Waals surface area contributed by atoms with E-state index >= 15 is 4.57 Å². The van der Waals surface area contributed by atoms with Crippen molar-refractivity contribution < 1.29 is 13.8 Å². The standard InChI is InChI=1S/C26H23ClNO3P/c1-2-28(25(29)22-16-9-10-17-23(22)27)26(24-18-11-19-31-24)32(30,20-12-5-3-6-13-20)21-14-7-4-8-15-21/h3-19,26H,2H2,1H3. The third kappa shape index (κ3) is 4.04. The molecule has 0 aliphatic heterocycles. The predicted octanol–water partition coefficient (Wildman–Crippen LogP) is 6.11. The first-order valence-electron chi connectivity index (χ1n) is 10.4. The van der Waals surface area contributed by atoms with E-state index in [1.54, 1.807) is 41.3 Å². The van der Waals surface area contributed by atoms with Crippen LogP contribution < -0.4 is 10.6 Å². The Balaban J connectivity index is 1.96. The van der Waals surface area contributed by atoms with Crippen LogP contribution in [0.5, 0.6) is 0 Å². The van der Waals surface area contributed by atoms with E-state index < -0.39 is 12.9 Å². The highest BCUT2D eigenvalue weighted by molar-refractivity contribution is 7.79. The lowest BCUT2D eigenvalue weighted by molar-refractivity contribution is 0.0728. The second-order valence-corrected chi connectivity index (χ2v) is 10.5. The molecule has 6 heteroatoms. The molecule has 0 saturated carbocycles. The summed E-state index contributed by atoms with van der Waals surface area (Å²) in [5.74, 6) is -0.675. The molecule has 4 rings (SSSR count). The molecule has 0 saturated heterocycles. The number of amides is 1. The molecule has 0 spiro atoms. The summed E-state index contributed by atoms with van der Waals surface area (Å²) in [6.45, 7) is 2.18. The van der Waals surface area contributed by atoms with Gasteiger partial charge < -0.3 is 13.9 Å². The molecule has 1 unspecified atom stereocenters. The highest BCUT2D eigenvalue weighted by atomic mass is 35.5. The summed E-state index contributed by atoms with van der Waals surface area (Å²) in [6.07, 6.45) is 1.54. The highest BCUT2D eigenvalue weighted by Crippen LogP contribution is 2.59. The van der Waals surface area contributed by atoms with Gasteiger partial charge in [0, 0.05) is 17.2 Å². The van der Waals surface area contributed by atoms with Gasteiger partial charge in [-0.2, -0.15) is 0 Å². The number of halogens is 1. The van der Waals surface area contributed by atoms with Crippen LogP contribution in [0.4, 0.5) is 0 Å². The Bertz CT molecular complexity index is 1180. The van der Waals surface area contributed by atoms with Crippen molar-refractivity contribution in [3.8, 4) is 0 Å². The van der Waals surface area contributed by atoms with Crippen LogP contribution in [0.3, 0.4) is 0 Å². The van der Waals surface area contributed by atoms with Crippen LogP contribution in [-0.2, 0) is 4.57 Å². The molecule has 4 aromatic rings. The lowest BCUT2D eigenvalue weighted by Gasteiger charge is -2.36. The minimum Gasteiger partial charge on any atom is -0.467 e. The van der Waals surface area contributed by atoms with Gasteiger partial charge in [0.1, 0.15) is 5.76 Å². The van der Waals surface area contributed by atoms with Crippen molar-refractivity contribution in [1.29, 1.82) is 0 Å². The number of benzene rings is 3. The molecule has 0 aliphatic rings. The molecule has 0 aliphatic carbocycles. The third-order valence-electron chi connectivity index (χ3n) is 5.42. The number of nitrogens with zero attached hydrogens (tertiary/aromatic N) is 1. The van der Waals surface area contributed by atoms with Gasteiger partial charge >= 0.3 is 0 Å². The van der Waals surface area contributed by atoms with Crippen molar-refractivity contribution in [1.82, 2.24) is 4.90 Å². The fourth-order valence-corrected chi connectivity index (χ4v) is 7.39. The molecular formula is C26H23ClNO3P. The monoisotopic (exact) mass is 463 g/mol. The van der Waals surface area contributed by atoms with Crippen molar-refractivity contribution in [2.75, 3.05) is 6.54 Å². The van der Waals surface area contributed by atoms with Crippen LogP contribution in [0.25, 0.3) is 0 Å². The third-order valence-corrected chi connectivity index (χ3v) is 9.10. The fraction of sp³-hybridized carbons (Fsp3) is 0.115. The van der Waals surface area contributed by atoms with Crippen molar-refractivity contribution in [3.63, 3.8) is 0 Å². The zero-order chi connectivity index (χ0) is 22.6. The number of furan rings is 1. The van der Waals surface area contributed by atoms with E-state index in [-0.39, 0.29) is 5.91 Å². The number of carbonyl (C=O) groups excluding carboxylic acids is 1. The Morgan fingerprint density at radius 1 is 0.875 bits per heavy atom. The maximum Gasteiger partial charge on any atom is 0.256 e. The summed E-state index contributed by atoms with van der Waals surface area (Å²) in [4.78, 5) is 15.3. The average Bonchev–Trinajstić information content (AvgIpc) is 3.37. The molecule has 1 atom stereocenters. The van der Waals surface area contributed by atoms with E-state index in [0.29, 0.717) is 33.5 Å². The quantitative estimate of drug-likeness (QED) is 0.311. The van der Waals surface area contributed by atoms with Crippen molar-refractivity contribution in [3.05, 3.63) is 120 Å². The summed E-state index contributed by atoms with van der Waals surface area (Å²) in [7, 11) is -3.42. The van der Waals surface area contributed by atoms with Crippen molar-refractivity contribution in [2.45, 2.75) is 12.7 Å². The van der Waals surface area contributed by atoms with Gasteiger partial charge in [0.25, 0.3) is 5.91 Å². The number of carbonyl (C=O) groups is 1. The number of hydrogen-bond acceptors (Lipinski definition) is 3. The lowest BCUT2D eigenvalue weighted by Crippen LogP contribution is -2.38. The molecule has 0 radical (unpaired) electrons. The number of rotatable bonds is 7. The first-order chi connectivity index (χ1) is 15.6. The van der Waals surface area contributed by atoms with Gasteiger partial charge in [-0.3, -0.25) is 4.79 Å². The molecule has 1 amide bonds. The first-order valence-corrected chi connectivity index (χ1v) is 12.5. The Morgan fingerprint density at radius 2 is 1.44 bits per heavy atom. The maximum absolute atomic E-state index is 15.1. The van der Waals surface area contributed by atoms with E-state index in [9.17, 15) is 4.79 Å². The van der Waals surface area contributed by atoms with Gasteiger partial charge in [0.2, 0.25) is 0 Å². The molecule has 1 aromatic heterocycles. The molecule has 1 heterocycles. The molecule has 4 nitrogen and oxygen atoms in total. The van der Waals surface area contributed by atoms with E-state index in [1.807, 2.05) is 67.6 Å². The number of hydrogen-bond donors (Lipinski definition) is 0. The fourth-order valence-electron chi connectivity index (χ4n) is 3.91. The summed E-state index contributed by atoms with van der Waals surface area (Å²) < 4.78 is 20.9.